The minimum absolute atomic E-state index is 0.0701. The fourth-order valence-corrected chi connectivity index (χ4v) is 1.95. The molecule has 0 atom stereocenters. The van der Waals surface area contributed by atoms with Crippen molar-refractivity contribution in [2.45, 2.75) is 6.42 Å². The van der Waals surface area contributed by atoms with Crippen LogP contribution in [-0.4, -0.2) is 17.2 Å². The van der Waals surface area contributed by atoms with Crippen molar-refractivity contribution < 1.29 is 4.92 Å². The molecule has 0 saturated carbocycles. The number of hydrogen-bond acceptors (Lipinski definition) is 4. The summed E-state index contributed by atoms with van der Waals surface area (Å²) in [6.07, 6.45) is 4.15. The van der Waals surface area contributed by atoms with Gasteiger partial charge in [-0.15, -0.1) is 0 Å². The summed E-state index contributed by atoms with van der Waals surface area (Å²) in [5.41, 5.74) is 2.38. The van der Waals surface area contributed by atoms with Gasteiger partial charge in [0.25, 0.3) is 5.69 Å². The molecular formula is C18H15N3O2. The number of rotatable bonds is 6. The van der Waals surface area contributed by atoms with Crippen LogP contribution in [0.2, 0.25) is 0 Å². The molecular weight excluding hydrogens is 290 g/mol. The molecule has 0 amide bonds. The molecule has 2 rings (SSSR count). The Kier molecular flexibility index (Phi) is 5.78. The molecule has 0 aliphatic carbocycles. The number of benzene rings is 2. The average molecular weight is 305 g/mol. The van der Waals surface area contributed by atoms with E-state index in [2.05, 4.69) is 11.1 Å². The van der Waals surface area contributed by atoms with Gasteiger partial charge in [0.2, 0.25) is 0 Å². The van der Waals surface area contributed by atoms with Crippen molar-refractivity contribution >= 4 is 17.5 Å². The van der Waals surface area contributed by atoms with Gasteiger partial charge in [0, 0.05) is 18.7 Å². The van der Waals surface area contributed by atoms with Crippen LogP contribution in [0.5, 0.6) is 0 Å². The molecule has 5 heteroatoms. The predicted octanol–water partition coefficient (Wildman–Crippen LogP) is 3.82. The molecule has 0 aliphatic heterocycles. The molecule has 0 bridgehead atoms. The summed E-state index contributed by atoms with van der Waals surface area (Å²) in [7, 11) is 0. The van der Waals surface area contributed by atoms with Crippen LogP contribution in [0.4, 0.5) is 5.69 Å². The highest BCUT2D eigenvalue weighted by Gasteiger charge is 2.03. The van der Waals surface area contributed by atoms with Crippen molar-refractivity contribution in [2.24, 2.45) is 4.99 Å². The zero-order chi connectivity index (χ0) is 16.5. The fraction of sp³-hybridized carbons (Fsp3) is 0.111. The number of hydrogen-bond donors (Lipinski definition) is 0. The third-order valence-electron chi connectivity index (χ3n) is 3.18. The number of nitrogens with zero attached hydrogens (tertiary/aromatic N) is 3. The highest BCUT2D eigenvalue weighted by Crippen LogP contribution is 2.12. The Hall–Kier alpha value is -3.26. The van der Waals surface area contributed by atoms with Crippen molar-refractivity contribution in [1.82, 2.24) is 0 Å². The molecule has 0 spiro atoms. The lowest BCUT2D eigenvalue weighted by Crippen LogP contribution is -1.95. The molecule has 0 saturated heterocycles. The Labute approximate surface area is 134 Å². The van der Waals surface area contributed by atoms with Crippen LogP contribution in [0.1, 0.15) is 11.1 Å². The van der Waals surface area contributed by atoms with Crippen LogP contribution in [0, 0.1) is 21.4 Å². The second-order valence-electron chi connectivity index (χ2n) is 4.80. The normalized spacial score (nSPS) is 11.3. The lowest BCUT2D eigenvalue weighted by atomic mass is 10.1. The van der Waals surface area contributed by atoms with E-state index < -0.39 is 4.92 Å². The Morgan fingerprint density at radius 1 is 1.17 bits per heavy atom. The summed E-state index contributed by atoms with van der Waals surface area (Å²) < 4.78 is 0. The molecule has 2 aromatic carbocycles. The third-order valence-corrected chi connectivity index (χ3v) is 3.18. The Balaban J connectivity index is 1.93. The van der Waals surface area contributed by atoms with Crippen molar-refractivity contribution in [3.05, 3.63) is 81.9 Å². The summed E-state index contributed by atoms with van der Waals surface area (Å²) in [6, 6.07) is 18.1. The molecule has 0 aromatic heterocycles. The number of nitriles is 1. The Morgan fingerprint density at radius 3 is 2.48 bits per heavy atom. The molecule has 23 heavy (non-hydrogen) atoms. The van der Waals surface area contributed by atoms with Crippen LogP contribution < -0.4 is 0 Å². The number of allylic oxidation sites excluding steroid dienone is 1. The van der Waals surface area contributed by atoms with E-state index in [-0.39, 0.29) is 5.69 Å². The van der Waals surface area contributed by atoms with Crippen LogP contribution in [0.25, 0.3) is 6.08 Å². The predicted molar refractivity (Wildman–Crippen MR) is 90.2 cm³/mol. The molecule has 5 nitrogen and oxygen atoms in total. The lowest BCUT2D eigenvalue weighted by molar-refractivity contribution is -0.384. The summed E-state index contributed by atoms with van der Waals surface area (Å²) in [4.78, 5) is 14.4. The van der Waals surface area contributed by atoms with Crippen molar-refractivity contribution in [3.8, 4) is 6.07 Å². The van der Waals surface area contributed by atoms with Gasteiger partial charge >= 0.3 is 0 Å². The number of nitro benzene ring substituents is 1. The van der Waals surface area contributed by atoms with Gasteiger partial charge in [-0.1, -0.05) is 48.5 Å². The highest BCUT2D eigenvalue weighted by atomic mass is 16.6. The van der Waals surface area contributed by atoms with E-state index >= 15 is 0 Å². The van der Waals surface area contributed by atoms with Gasteiger partial charge < -0.3 is 0 Å². The Morgan fingerprint density at radius 2 is 1.87 bits per heavy atom. The first-order chi connectivity index (χ1) is 11.2. The fourth-order valence-electron chi connectivity index (χ4n) is 1.95. The largest absolute Gasteiger partial charge is 0.274 e. The minimum Gasteiger partial charge on any atom is -0.274 e. The second kappa shape index (κ2) is 8.25. The summed E-state index contributed by atoms with van der Waals surface area (Å²) in [5, 5.41) is 19.7. The first-order valence-corrected chi connectivity index (χ1v) is 7.10. The van der Waals surface area contributed by atoms with Crippen LogP contribution >= 0.6 is 0 Å². The standard InChI is InChI=1S/C18H15N3O2/c19-14-17(9-6-15-4-2-1-3-5-15)20-13-12-16-7-10-18(11-8-16)21(22)23/h1-11H,12-13H2/b9-6+,20-17?. The van der Waals surface area contributed by atoms with Gasteiger partial charge in [-0.3, -0.25) is 15.1 Å². The summed E-state index contributed by atoms with van der Waals surface area (Å²) >= 11 is 0. The quantitative estimate of drug-likeness (QED) is 0.462. The van der Waals surface area contributed by atoms with Gasteiger partial charge in [0.05, 0.1) is 4.92 Å². The molecule has 0 unspecified atom stereocenters. The van der Waals surface area contributed by atoms with E-state index in [1.54, 1.807) is 18.2 Å². The monoisotopic (exact) mass is 305 g/mol. The van der Waals surface area contributed by atoms with E-state index in [4.69, 9.17) is 5.26 Å². The van der Waals surface area contributed by atoms with E-state index in [0.29, 0.717) is 18.7 Å². The third kappa shape index (κ3) is 5.21. The molecule has 0 radical (unpaired) electrons. The van der Waals surface area contributed by atoms with Crippen molar-refractivity contribution in [2.75, 3.05) is 6.54 Å². The van der Waals surface area contributed by atoms with Crippen LogP contribution in [0.3, 0.4) is 0 Å². The van der Waals surface area contributed by atoms with E-state index in [1.165, 1.54) is 12.1 Å². The smallest absolute Gasteiger partial charge is 0.269 e. The maximum Gasteiger partial charge on any atom is 0.269 e. The molecule has 114 valence electrons. The van der Waals surface area contributed by atoms with Crippen LogP contribution in [0.15, 0.2) is 65.7 Å². The Bertz CT molecular complexity index is 757. The first-order valence-electron chi connectivity index (χ1n) is 7.10. The molecule has 2 aromatic rings. The molecule has 0 N–H and O–H groups in total. The van der Waals surface area contributed by atoms with Gasteiger partial charge in [-0.25, -0.2) is 0 Å². The minimum atomic E-state index is -0.426. The van der Waals surface area contributed by atoms with E-state index in [1.807, 2.05) is 36.4 Å². The van der Waals surface area contributed by atoms with Crippen molar-refractivity contribution in [1.29, 1.82) is 5.26 Å². The molecule has 0 fully saturated rings. The van der Waals surface area contributed by atoms with Gasteiger partial charge in [-0.2, -0.15) is 5.26 Å². The molecule has 0 aliphatic rings. The number of aliphatic imine (C=N–C) groups is 1. The zero-order valence-electron chi connectivity index (χ0n) is 12.4. The van der Waals surface area contributed by atoms with Gasteiger partial charge in [-0.05, 0) is 23.6 Å². The number of non-ortho nitro benzene ring substituents is 1. The van der Waals surface area contributed by atoms with Gasteiger partial charge in [0.15, 0.2) is 0 Å². The maximum absolute atomic E-state index is 10.6. The highest BCUT2D eigenvalue weighted by molar-refractivity contribution is 6.09. The zero-order valence-corrected chi connectivity index (χ0v) is 12.4. The SMILES string of the molecule is N#CC(/C=C/c1ccccc1)=NCCc1ccc([N+](=O)[O-])cc1. The van der Waals surface area contributed by atoms with Gasteiger partial charge in [0.1, 0.15) is 11.8 Å². The van der Waals surface area contributed by atoms with E-state index in [0.717, 1.165) is 11.1 Å². The first kappa shape index (κ1) is 16.1. The lowest BCUT2D eigenvalue weighted by Gasteiger charge is -1.98. The summed E-state index contributed by atoms with van der Waals surface area (Å²) in [6.45, 7) is 0.458. The average Bonchev–Trinajstić information content (AvgIpc) is 2.59. The number of nitro groups is 1. The molecule has 0 heterocycles. The van der Waals surface area contributed by atoms with Crippen LogP contribution in [-0.2, 0) is 6.42 Å². The topological polar surface area (TPSA) is 79.3 Å². The second-order valence-corrected chi connectivity index (χ2v) is 4.80. The summed E-state index contributed by atoms with van der Waals surface area (Å²) in [5.74, 6) is 0. The van der Waals surface area contributed by atoms with E-state index in [9.17, 15) is 10.1 Å². The maximum atomic E-state index is 10.6. The van der Waals surface area contributed by atoms with Crippen molar-refractivity contribution in [3.63, 3.8) is 0 Å².